The van der Waals surface area contributed by atoms with Crippen LogP contribution in [0.5, 0.6) is 0 Å². The molecule has 2 aromatic rings. The molecule has 2 aromatic carbocycles. The lowest BCUT2D eigenvalue weighted by molar-refractivity contribution is -0.384. The highest BCUT2D eigenvalue weighted by molar-refractivity contribution is 5.85. The van der Waals surface area contributed by atoms with Crippen molar-refractivity contribution in [3.63, 3.8) is 0 Å². The molecule has 1 atom stereocenters. The molecule has 0 fully saturated rings. The van der Waals surface area contributed by atoms with E-state index >= 15 is 0 Å². The summed E-state index contributed by atoms with van der Waals surface area (Å²) in [5.74, 6) is -2.09. The number of carboxylic acid groups (broad SMARTS) is 1. The lowest BCUT2D eigenvalue weighted by Gasteiger charge is -2.15. The zero-order valence-electron chi connectivity index (χ0n) is 14.3. The molecule has 0 spiro atoms. The van der Waals surface area contributed by atoms with Crippen molar-refractivity contribution in [2.75, 3.05) is 0 Å². The number of carbonyl (C=O) groups is 2. The number of carbonyl (C=O) groups excluding carboxylic acids is 1. The molecule has 0 aliphatic carbocycles. The van der Waals surface area contributed by atoms with Gasteiger partial charge in [-0.05, 0) is 17.2 Å². The van der Waals surface area contributed by atoms with E-state index in [2.05, 4.69) is 5.32 Å². The SMILES string of the molecule is O=C(Cc1cccc(C(F)(F)F)c1)N[C@H](Cc1ccc([N+](=O)[O-])cc1)C(=O)O. The lowest BCUT2D eigenvalue weighted by atomic mass is 10.0. The molecule has 28 heavy (non-hydrogen) atoms. The summed E-state index contributed by atoms with van der Waals surface area (Å²) in [5, 5.41) is 22.2. The number of nitrogens with one attached hydrogen (secondary N) is 1. The van der Waals surface area contributed by atoms with Crippen molar-refractivity contribution in [2.45, 2.75) is 25.1 Å². The fraction of sp³-hybridized carbons (Fsp3) is 0.222. The Kier molecular flexibility index (Phi) is 6.34. The summed E-state index contributed by atoms with van der Waals surface area (Å²) < 4.78 is 38.2. The van der Waals surface area contributed by atoms with Gasteiger partial charge in [0.05, 0.1) is 16.9 Å². The molecule has 0 saturated carbocycles. The van der Waals surface area contributed by atoms with E-state index in [1.54, 1.807) is 0 Å². The van der Waals surface area contributed by atoms with Crippen molar-refractivity contribution in [1.82, 2.24) is 5.32 Å². The lowest BCUT2D eigenvalue weighted by Crippen LogP contribution is -2.43. The number of hydrogen-bond acceptors (Lipinski definition) is 4. The summed E-state index contributed by atoms with van der Waals surface area (Å²) in [7, 11) is 0. The second-order valence-corrected chi connectivity index (χ2v) is 5.96. The van der Waals surface area contributed by atoms with E-state index in [4.69, 9.17) is 0 Å². The predicted molar refractivity (Wildman–Crippen MR) is 91.5 cm³/mol. The number of amides is 1. The summed E-state index contributed by atoms with van der Waals surface area (Å²) in [5.41, 5.74) is -0.535. The van der Waals surface area contributed by atoms with Crippen LogP contribution in [-0.4, -0.2) is 27.9 Å². The topological polar surface area (TPSA) is 110 Å². The number of benzene rings is 2. The third-order valence-electron chi connectivity index (χ3n) is 3.84. The predicted octanol–water partition coefficient (Wildman–Crippen LogP) is 2.97. The zero-order chi connectivity index (χ0) is 20.9. The molecular weight excluding hydrogens is 381 g/mol. The number of aliphatic carboxylic acids is 1. The molecule has 0 radical (unpaired) electrons. The van der Waals surface area contributed by atoms with Gasteiger partial charge in [-0.3, -0.25) is 14.9 Å². The van der Waals surface area contributed by atoms with Crippen LogP contribution < -0.4 is 5.32 Å². The molecule has 1 amide bonds. The average Bonchev–Trinajstić information content (AvgIpc) is 2.61. The van der Waals surface area contributed by atoms with Crippen molar-refractivity contribution < 1.29 is 32.8 Å². The first-order valence-electron chi connectivity index (χ1n) is 7.98. The molecule has 0 heterocycles. The van der Waals surface area contributed by atoms with Crippen LogP contribution in [0.15, 0.2) is 48.5 Å². The van der Waals surface area contributed by atoms with Gasteiger partial charge < -0.3 is 10.4 Å². The minimum absolute atomic E-state index is 0.0896. The van der Waals surface area contributed by atoms with Crippen LogP contribution in [0.2, 0.25) is 0 Å². The first-order valence-corrected chi connectivity index (χ1v) is 7.98. The third kappa shape index (κ3) is 5.79. The highest BCUT2D eigenvalue weighted by atomic mass is 19.4. The number of non-ortho nitro benzene ring substituents is 1. The minimum Gasteiger partial charge on any atom is -0.480 e. The second kappa shape index (κ2) is 8.51. The molecule has 148 valence electrons. The highest BCUT2D eigenvalue weighted by Gasteiger charge is 2.30. The Bertz CT molecular complexity index is 882. The average molecular weight is 396 g/mol. The molecule has 2 rings (SSSR count). The van der Waals surface area contributed by atoms with Crippen LogP contribution in [0.1, 0.15) is 16.7 Å². The van der Waals surface area contributed by atoms with Gasteiger partial charge in [0.2, 0.25) is 5.91 Å². The van der Waals surface area contributed by atoms with Gasteiger partial charge in [-0.1, -0.05) is 30.3 Å². The first kappa shape index (κ1) is 20.9. The smallest absolute Gasteiger partial charge is 0.416 e. The largest absolute Gasteiger partial charge is 0.480 e. The first-order chi connectivity index (χ1) is 13.1. The van der Waals surface area contributed by atoms with Crippen LogP contribution in [0.25, 0.3) is 0 Å². The molecule has 0 saturated heterocycles. The normalized spacial score (nSPS) is 12.2. The maximum absolute atomic E-state index is 12.7. The van der Waals surface area contributed by atoms with Gasteiger partial charge in [-0.25, -0.2) is 4.79 Å². The van der Waals surface area contributed by atoms with E-state index in [0.717, 1.165) is 18.2 Å². The van der Waals surface area contributed by atoms with Gasteiger partial charge in [-0.15, -0.1) is 0 Å². The van der Waals surface area contributed by atoms with Gasteiger partial charge in [0, 0.05) is 18.6 Å². The molecular formula is C18H15F3N2O5. The summed E-state index contributed by atoms with van der Waals surface area (Å²) in [6.07, 6.45) is -5.11. The molecule has 0 aliphatic heterocycles. The van der Waals surface area contributed by atoms with Crippen LogP contribution in [-0.2, 0) is 28.6 Å². The summed E-state index contributed by atoms with van der Waals surface area (Å²) in [6, 6.07) is 8.01. The quantitative estimate of drug-likeness (QED) is 0.552. The van der Waals surface area contributed by atoms with Gasteiger partial charge in [-0.2, -0.15) is 13.2 Å². The number of halogens is 3. The summed E-state index contributed by atoms with van der Waals surface area (Å²) in [6.45, 7) is 0. The van der Waals surface area contributed by atoms with Gasteiger partial charge in [0.1, 0.15) is 6.04 Å². The number of nitro benzene ring substituents is 1. The van der Waals surface area contributed by atoms with Crippen molar-refractivity contribution in [1.29, 1.82) is 0 Å². The number of nitrogens with zero attached hydrogens (tertiary/aromatic N) is 1. The number of carboxylic acids is 1. The summed E-state index contributed by atoms with van der Waals surface area (Å²) >= 11 is 0. The van der Waals surface area contributed by atoms with E-state index in [1.165, 1.54) is 30.3 Å². The highest BCUT2D eigenvalue weighted by Crippen LogP contribution is 2.29. The standard InChI is InChI=1S/C18H15F3N2O5/c19-18(20,21)13-3-1-2-12(8-13)10-16(24)22-15(17(25)26)9-11-4-6-14(7-5-11)23(27)28/h1-8,15H,9-10H2,(H,22,24)(H,25,26)/t15-/m1/s1. The van der Waals surface area contributed by atoms with Crippen molar-refractivity contribution in [3.8, 4) is 0 Å². The second-order valence-electron chi connectivity index (χ2n) is 5.96. The molecule has 0 aliphatic rings. The molecule has 7 nitrogen and oxygen atoms in total. The maximum atomic E-state index is 12.7. The minimum atomic E-state index is -4.55. The Labute approximate surface area is 156 Å². The van der Waals surface area contributed by atoms with E-state index in [1.807, 2.05) is 0 Å². The van der Waals surface area contributed by atoms with Gasteiger partial charge in [0.15, 0.2) is 0 Å². The van der Waals surface area contributed by atoms with Crippen LogP contribution in [0.3, 0.4) is 0 Å². The Morgan fingerprint density at radius 2 is 1.75 bits per heavy atom. The molecule has 0 aromatic heterocycles. The Hall–Kier alpha value is -3.43. The van der Waals surface area contributed by atoms with Crippen molar-refractivity contribution in [2.24, 2.45) is 0 Å². The maximum Gasteiger partial charge on any atom is 0.416 e. The van der Waals surface area contributed by atoms with Crippen LogP contribution in [0.4, 0.5) is 18.9 Å². The molecule has 0 bridgehead atoms. The Morgan fingerprint density at radius 3 is 2.29 bits per heavy atom. The Balaban J connectivity index is 2.04. The van der Waals surface area contributed by atoms with E-state index in [0.29, 0.717) is 5.56 Å². The van der Waals surface area contributed by atoms with Crippen LogP contribution >= 0.6 is 0 Å². The van der Waals surface area contributed by atoms with E-state index in [9.17, 15) is 38.0 Å². The van der Waals surface area contributed by atoms with Crippen LogP contribution in [0, 0.1) is 10.1 Å². The Morgan fingerprint density at radius 1 is 1.11 bits per heavy atom. The van der Waals surface area contributed by atoms with Gasteiger partial charge in [0.25, 0.3) is 5.69 Å². The van der Waals surface area contributed by atoms with E-state index < -0.39 is 41.0 Å². The number of rotatable bonds is 7. The fourth-order valence-electron chi connectivity index (χ4n) is 2.48. The number of nitro groups is 1. The third-order valence-corrected chi connectivity index (χ3v) is 3.84. The monoisotopic (exact) mass is 396 g/mol. The van der Waals surface area contributed by atoms with Gasteiger partial charge >= 0.3 is 12.1 Å². The molecule has 0 unspecified atom stereocenters. The number of alkyl halides is 3. The van der Waals surface area contributed by atoms with Crippen molar-refractivity contribution >= 4 is 17.6 Å². The fourth-order valence-corrected chi connectivity index (χ4v) is 2.48. The summed E-state index contributed by atoms with van der Waals surface area (Å²) in [4.78, 5) is 33.5. The zero-order valence-corrected chi connectivity index (χ0v) is 14.3. The molecule has 10 heteroatoms. The number of hydrogen-bond donors (Lipinski definition) is 2. The van der Waals surface area contributed by atoms with E-state index in [-0.39, 0.29) is 17.7 Å². The van der Waals surface area contributed by atoms with Crippen molar-refractivity contribution in [3.05, 3.63) is 75.3 Å². The molecule has 2 N–H and O–H groups in total.